The fourth-order valence-corrected chi connectivity index (χ4v) is 3.02. The van der Waals surface area contributed by atoms with Crippen LogP contribution in [-0.4, -0.2) is 40.0 Å². The molecule has 4 heteroatoms. The first-order valence-electron chi connectivity index (χ1n) is 7.35. The molecule has 1 aromatic carbocycles. The first kappa shape index (κ1) is 13.0. The van der Waals surface area contributed by atoms with Gasteiger partial charge >= 0.3 is 6.03 Å². The fourth-order valence-electron chi connectivity index (χ4n) is 3.02. The zero-order valence-electron chi connectivity index (χ0n) is 12.2. The number of hydrogen-bond acceptors (Lipinski definition) is 1. The number of benzene rings is 1. The summed E-state index contributed by atoms with van der Waals surface area (Å²) in [6, 6.07) is 10.8. The predicted molar refractivity (Wildman–Crippen MR) is 80.7 cm³/mol. The molecule has 1 aliphatic heterocycles. The van der Waals surface area contributed by atoms with E-state index >= 15 is 0 Å². The lowest BCUT2D eigenvalue weighted by atomic mass is 10.2. The molecule has 106 valence electrons. The van der Waals surface area contributed by atoms with Crippen molar-refractivity contribution in [2.24, 2.45) is 0 Å². The third-order valence-electron chi connectivity index (χ3n) is 4.15. The van der Waals surface area contributed by atoms with E-state index in [0.29, 0.717) is 6.54 Å². The average Bonchev–Trinajstić information content (AvgIpc) is 2.86. The second-order valence-electron chi connectivity index (χ2n) is 5.22. The van der Waals surface area contributed by atoms with Crippen LogP contribution in [0.2, 0.25) is 0 Å². The van der Waals surface area contributed by atoms with E-state index in [1.165, 1.54) is 16.6 Å². The van der Waals surface area contributed by atoms with E-state index in [1.54, 1.807) is 0 Å². The number of rotatable bonds is 2. The summed E-state index contributed by atoms with van der Waals surface area (Å²) in [4.78, 5) is 16.3. The van der Waals surface area contributed by atoms with Crippen LogP contribution in [0.4, 0.5) is 4.79 Å². The van der Waals surface area contributed by atoms with Gasteiger partial charge in [-0.15, -0.1) is 0 Å². The van der Waals surface area contributed by atoms with E-state index in [9.17, 15) is 4.79 Å². The second-order valence-corrected chi connectivity index (χ2v) is 5.22. The number of hydrogen-bond donors (Lipinski definition) is 0. The highest BCUT2D eigenvalue weighted by molar-refractivity contribution is 5.82. The Morgan fingerprint density at radius 3 is 2.70 bits per heavy atom. The molecule has 2 amide bonds. The van der Waals surface area contributed by atoms with Gasteiger partial charge in [-0.1, -0.05) is 18.2 Å². The van der Waals surface area contributed by atoms with Crippen LogP contribution in [0.5, 0.6) is 0 Å². The molecule has 0 fully saturated rings. The van der Waals surface area contributed by atoms with Crippen molar-refractivity contribution in [1.82, 2.24) is 14.4 Å². The number of nitrogens with zero attached hydrogens (tertiary/aromatic N) is 3. The van der Waals surface area contributed by atoms with Crippen LogP contribution in [-0.2, 0) is 13.1 Å². The number of fused-ring (bicyclic) bond motifs is 3. The standard InChI is InChI=1S/C16H21N3O/c1-3-17(4-2)16(20)18-9-10-19-14(12-18)11-13-7-5-6-8-15(13)19/h5-8,11H,3-4,9-10,12H2,1-2H3. The molecule has 4 nitrogen and oxygen atoms in total. The summed E-state index contributed by atoms with van der Waals surface area (Å²) in [6.07, 6.45) is 0. The Balaban J connectivity index is 1.87. The topological polar surface area (TPSA) is 28.5 Å². The predicted octanol–water partition coefficient (Wildman–Crippen LogP) is 2.92. The maximum atomic E-state index is 12.4. The number of urea groups is 1. The van der Waals surface area contributed by atoms with Crippen LogP contribution < -0.4 is 0 Å². The van der Waals surface area contributed by atoms with Gasteiger partial charge in [-0.25, -0.2) is 4.79 Å². The molecule has 0 unspecified atom stereocenters. The van der Waals surface area contributed by atoms with Gasteiger partial charge in [0.1, 0.15) is 0 Å². The molecule has 3 rings (SSSR count). The fraction of sp³-hybridized carbons (Fsp3) is 0.438. The highest BCUT2D eigenvalue weighted by Crippen LogP contribution is 2.24. The molecular weight excluding hydrogens is 250 g/mol. The Hall–Kier alpha value is -1.97. The summed E-state index contributed by atoms with van der Waals surface area (Å²) in [7, 11) is 0. The molecule has 1 aliphatic rings. The zero-order valence-corrected chi connectivity index (χ0v) is 12.2. The minimum Gasteiger partial charge on any atom is -0.341 e. The smallest absolute Gasteiger partial charge is 0.320 e. The molecule has 20 heavy (non-hydrogen) atoms. The summed E-state index contributed by atoms with van der Waals surface area (Å²) < 4.78 is 2.33. The van der Waals surface area contributed by atoms with Gasteiger partial charge in [0.2, 0.25) is 0 Å². The molecule has 0 N–H and O–H groups in total. The van der Waals surface area contributed by atoms with Crippen molar-refractivity contribution >= 4 is 16.9 Å². The van der Waals surface area contributed by atoms with E-state index in [4.69, 9.17) is 0 Å². The van der Waals surface area contributed by atoms with Gasteiger partial charge < -0.3 is 14.4 Å². The Kier molecular flexibility index (Phi) is 3.38. The quantitative estimate of drug-likeness (QED) is 0.825. The van der Waals surface area contributed by atoms with Gasteiger partial charge in [0, 0.05) is 37.4 Å². The van der Waals surface area contributed by atoms with Gasteiger partial charge in [-0.2, -0.15) is 0 Å². The monoisotopic (exact) mass is 271 g/mol. The van der Waals surface area contributed by atoms with Crippen molar-refractivity contribution in [2.45, 2.75) is 26.9 Å². The van der Waals surface area contributed by atoms with E-state index in [-0.39, 0.29) is 6.03 Å². The van der Waals surface area contributed by atoms with Gasteiger partial charge in [-0.05, 0) is 31.4 Å². The normalized spacial score (nSPS) is 14.4. The van der Waals surface area contributed by atoms with Gasteiger partial charge in [0.05, 0.1) is 6.54 Å². The van der Waals surface area contributed by atoms with Gasteiger partial charge in [0.25, 0.3) is 0 Å². The number of carbonyl (C=O) groups excluding carboxylic acids is 1. The minimum atomic E-state index is 0.159. The summed E-state index contributed by atoms with van der Waals surface area (Å²) in [6.45, 7) is 8.00. The molecule has 0 spiro atoms. The first-order chi connectivity index (χ1) is 9.74. The Labute approximate surface area is 119 Å². The van der Waals surface area contributed by atoms with Crippen molar-refractivity contribution in [2.75, 3.05) is 19.6 Å². The first-order valence-corrected chi connectivity index (χ1v) is 7.35. The average molecular weight is 271 g/mol. The summed E-state index contributed by atoms with van der Waals surface area (Å²) in [5.74, 6) is 0. The molecular formula is C16H21N3O. The van der Waals surface area contributed by atoms with Crippen LogP contribution in [0.3, 0.4) is 0 Å². The maximum Gasteiger partial charge on any atom is 0.320 e. The maximum absolute atomic E-state index is 12.4. The SMILES string of the molecule is CCN(CC)C(=O)N1CCn2c(cc3ccccc32)C1. The second kappa shape index (κ2) is 5.19. The molecule has 0 saturated heterocycles. The van der Waals surface area contributed by atoms with Crippen LogP contribution in [0.25, 0.3) is 10.9 Å². The van der Waals surface area contributed by atoms with Gasteiger partial charge in [0.15, 0.2) is 0 Å². The van der Waals surface area contributed by atoms with E-state index in [0.717, 1.165) is 26.2 Å². The highest BCUT2D eigenvalue weighted by atomic mass is 16.2. The van der Waals surface area contributed by atoms with Crippen molar-refractivity contribution in [3.05, 3.63) is 36.0 Å². The van der Waals surface area contributed by atoms with E-state index < -0.39 is 0 Å². The Morgan fingerprint density at radius 2 is 1.95 bits per heavy atom. The Morgan fingerprint density at radius 1 is 1.20 bits per heavy atom. The molecule has 0 atom stereocenters. The zero-order chi connectivity index (χ0) is 14.1. The van der Waals surface area contributed by atoms with Gasteiger partial charge in [-0.3, -0.25) is 0 Å². The lowest BCUT2D eigenvalue weighted by Crippen LogP contribution is -2.46. The van der Waals surface area contributed by atoms with E-state index in [2.05, 4.69) is 34.9 Å². The number of carbonyl (C=O) groups is 1. The summed E-state index contributed by atoms with van der Waals surface area (Å²) in [5.41, 5.74) is 2.51. The van der Waals surface area contributed by atoms with Crippen molar-refractivity contribution in [3.8, 4) is 0 Å². The number of amides is 2. The van der Waals surface area contributed by atoms with Crippen molar-refractivity contribution in [3.63, 3.8) is 0 Å². The Bertz CT molecular complexity index is 628. The molecule has 2 heterocycles. The van der Waals surface area contributed by atoms with Crippen LogP contribution in [0.1, 0.15) is 19.5 Å². The van der Waals surface area contributed by atoms with Crippen molar-refractivity contribution in [1.29, 1.82) is 0 Å². The largest absolute Gasteiger partial charge is 0.341 e. The van der Waals surface area contributed by atoms with E-state index in [1.807, 2.05) is 23.6 Å². The van der Waals surface area contributed by atoms with Crippen molar-refractivity contribution < 1.29 is 4.79 Å². The minimum absolute atomic E-state index is 0.159. The third kappa shape index (κ3) is 2.05. The number of para-hydroxylation sites is 1. The molecule has 0 saturated carbocycles. The van der Waals surface area contributed by atoms with Crippen LogP contribution in [0, 0.1) is 0 Å². The summed E-state index contributed by atoms with van der Waals surface area (Å²) in [5, 5.41) is 1.26. The number of aromatic nitrogens is 1. The lowest BCUT2D eigenvalue weighted by Gasteiger charge is -2.33. The van der Waals surface area contributed by atoms with Crippen LogP contribution in [0.15, 0.2) is 30.3 Å². The lowest BCUT2D eigenvalue weighted by molar-refractivity contribution is 0.145. The highest BCUT2D eigenvalue weighted by Gasteiger charge is 2.24. The third-order valence-corrected chi connectivity index (χ3v) is 4.15. The summed E-state index contributed by atoms with van der Waals surface area (Å²) >= 11 is 0. The van der Waals surface area contributed by atoms with Crippen LogP contribution >= 0.6 is 0 Å². The molecule has 2 aromatic rings. The molecule has 0 bridgehead atoms. The molecule has 1 aromatic heterocycles. The molecule has 0 radical (unpaired) electrons. The molecule has 0 aliphatic carbocycles.